The van der Waals surface area contributed by atoms with Gasteiger partial charge in [0, 0.05) is 38.5 Å². The normalized spacial score (nSPS) is 20.2. The van der Waals surface area contributed by atoms with Crippen molar-refractivity contribution in [3.05, 3.63) is 48.1 Å². The minimum atomic E-state index is 0.240. The Bertz CT molecular complexity index is 760. The number of carbonyl (C=O) groups is 1. The van der Waals surface area contributed by atoms with Crippen LogP contribution in [-0.4, -0.2) is 41.4 Å². The molecule has 2 N–H and O–H groups in total. The van der Waals surface area contributed by atoms with Crippen molar-refractivity contribution in [2.75, 3.05) is 19.6 Å². The van der Waals surface area contributed by atoms with Gasteiger partial charge in [0.2, 0.25) is 5.91 Å². The molecule has 0 aromatic carbocycles. The molecular formula is C18H20N6O. The Morgan fingerprint density at radius 1 is 1.44 bits per heavy atom. The summed E-state index contributed by atoms with van der Waals surface area (Å²) < 4.78 is 0. The molecule has 0 atom stereocenters. The number of guanidine groups is 1. The van der Waals surface area contributed by atoms with E-state index in [9.17, 15) is 10.1 Å². The van der Waals surface area contributed by atoms with Crippen molar-refractivity contribution in [1.82, 2.24) is 20.5 Å². The molecular weight excluding hydrogens is 316 g/mol. The highest BCUT2D eigenvalue weighted by atomic mass is 16.2. The van der Waals surface area contributed by atoms with E-state index in [4.69, 9.17) is 0 Å². The third-order valence-corrected chi connectivity index (χ3v) is 4.05. The molecule has 0 bridgehead atoms. The number of carbonyl (C=O) groups excluding carboxylic acids is 1. The van der Waals surface area contributed by atoms with E-state index in [1.165, 1.54) is 0 Å². The maximum absolute atomic E-state index is 11.6. The summed E-state index contributed by atoms with van der Waals surface area (Å²) in [6, 6.07) is 7.65. The lowest BCUT2D eigenvalue weighted by Crippen LogP contribution is -2.37. The maximum atomic E-state index is 11.6. The molecule has 3 heterocycles. The van der Waals surface area contributed by atoms with Gasteiger partial charge in [0.15, 0.2) is 5.96 Å². The minimum absolute atomic E-state index is 0.240. The number of aliphatic imine (C=N–C) groups is 1. The van der Waals surface area contributed by atoms with E-state index >= 15 is 0 Å². The number of hydrogen-bond acceptors (Lipinski definition) is 4. The summed E-state index contributed by atoms with van der Waals surface area (Å²) in [6.07, 6.45) is 7.63. The van der Waals surface area contributed by atoms with Crippen LogP contribution in [0.3, 0.4) is 0 Å². The van der Waals surface area contributed by atoms with Gasteiger partial charge >= 0.3 is 0 Å². The van der Waals surface area contributed by atoms with Crippen LogP contribution in [0.4, 0.5) is 0 Å². The summed E-state index contributed by atoms with van der Waals surface area (Å²) in [6.45, 7) is 2.20. The highest BCUT2D eigenvalue weighted by Crippen LogP contribution is 2.16. The average Bonchev–Trinajstić information content (AvgIpc) is 3.06. The van der Waals surface area contributed by atoms with Crippen molar-refractivity contribution in [2.24, 2.45) is 4.99 Å². The van der Waals surface area contributed by atoms with Crippen LogP contribution in [0.25, 0.3) is 5.57 Å². The fraction of sp³-hybridized carbons (Fsp3) is 0.333. The van der Waals surface area contributed by atoms with Crippen molar-refractivity contribution in [3.63, 3.8) is 0 Å². The van der Waals surface area contributed by atoms with Gasteiger partial charge in [-0.3, -0.25) is 14.8 Å². The highest BCUT2D eigenvalue weighted by molar-refractivity contribution is 5.89. The van der Waals surface area contributed by atoms with Crippen molar-refractivity contribution in [2.45, 2.75) is 19.3 Å². The van der Waals surface area contributed by atoms with Crippen LogP contribution < -0.4 is 10.6 Å². The fourth-order valence-electron chi connectivity index (χ4n) is 2.80. The smallest absolute Gasteiger partial charge is 0.222 e. The number of amides is 1. The summed E-state index contributed by atoms with van der Waals surface area (Å²) in [5.41, 5.74) is 1.74. The van der Waals surface area contributed by atoms with E-state index < -0.39 is 0 Å². The largest absolute Gasteiger partial charge is 0.343 e. The van der Waals surface area contributed by atoms with E-state index in [1.54, 1.807) is 24.5 Å². The van der Waals surface area contributed by atoms with E-state index in [0.717, 1.165) is 25.9 Å². The standard InChI is InChI=1S/C18H20N6O/c19-13-14(15-5-1-2-8-20-15)16-7-10-22-18(23-16)21-9-4-12-24-11-3-6-17(24)25/h1-2,5,7-8,10H,3-4,6,9,11-12H2,(H2,21,22,23). The Labute approximate surface area is 146 Å². The molecule has 25 heavy (non-hydrogen) atoms. The molecule has 1 aromatic rings. The molecule has 0 saturated carbocycles. The molecule has 0 unspecified atom stereocenters. The lowest BCUT2D eigenvalue weighted by molar-refractivity contribution is -0.127. The quantitative estimate of drug-likeness (QED) is 0.626. The molecule has 3 rings (SSSR count). The monoisotopic (exact) mass is 336 g/mol. The van der Waals surface area contributed by atoms with Crippen LogP contribution in [0.15, 0.2) is 47.4 Å². The predicted octanol–water partition coefficient (Wildman–Crippen LogP) is 1.39. The molecule has 2 aliphatic heterocycles. The van der Waals surface area contributed by atoms with Crippen molar-refractivity contribution in [3.8, 4) is 6.07 Å². The van der Waals surface area contributed by atoms with Crippen molar-refractivity contribution in [1.29, 1.82) is 5.26 Å². The van der Waals surface area contributed by atoms with Crippen LogP contribution in [0, 0.1) is 11.3 Å². The highest BCUT2D eigenvalue weighted by Gasteiger charge is 2.19. The molecule has 7 nitrogen and oxygen atoms in total. The first-order chi connectivity index (χ1) is 12.3. The molecule has 0 spiro atoms. The summed E-state index contributed by atoms with van der Waals surface area (Å²) in [5.74, 6) is 0.831. The lowest BCUT2D eigenvalue weighted by atomic mass is 10.1. The van der Waals surface area contributed by atoms with Gasteiger partial charge in [-0.1, -0.05) is 6.07 Å². The van der Waals surface area contributed by atoms with Gasteiger partial charge in [0.1, 0.15) is 11.6 Å². The van der Waals surface area contributed by atoms with Crippen LogP contribution in [0.5, 0.6) is 0 Å². The average molecular weight is 336 g/mol. The Morgan fingerprint density at radius 3 is 3.08 bits per heavy atom. The third-order valence-electron chi connectivity index (χ3n) is 4.05. The lowest BCUT2D eigenvalue weighted by Gasteiger charge is -2.17. The second kappa shape index (κ2) is 8.11. The Morgan fingerprint density at radius 2 is 2.36 bits per heavy atom. The Balaban J connectivity index is 1.61. The van der Waals surface area contributed by atoms with Gasteiger partial charge in [-0.05, 0) is 31.1 Å². The summed E-state index contributed by atoms with van der Waals surface area (Å²) in [5, 5.41) is 15.6. The fourth-order valence-corrected chi connectivity index (χ4v) is 2.80. The first-order valence-corrected chi connectivity index (χ1v) is 8.36. The zero-order valence-corrected chi connectivity index (χ0v) is 13.9. The van der Waals surface area contributed by atoms with Crippen LogP contribution in [0.2, 0.25) is 0 Å². The number of nitrogens with one attached hydrogen (secondary N) is 2. The van der Waals surface area contributed by atoms with Gasteiger partial charge in [0.05, 0.1) is 11.4 Å². The molecule has 7 heteroatoms. The molecule has 1 aromatic heterocycles. The molecule has 1 amide bonds. The van der Waals surface area contributed by atoms with Gasteiger partial charge < -0.3 is 15.5 Å². The van der Waals surface area contributed by atoms with Gasteiger partial charge in [-0.2, -0.15) is 5.26 Å². The Kier molecular flexibility index (Phi) is 5.42. The number of hydrogen-bond donors (Lipinski definition) is 2. The number of pyridine rings is 1. The Hall–Kier alpha value is -3.14. The van der Waals surface area contributed by atoms with Crippen LogP contribution in [-0.2, 0) is 4.79 Å². The number of rotatable bonds is 5. The summed E-state index contributed by atoms with van der Waals surface area (Å²) >= 11 is 0. The van der Waals surface area contributed by atoms with E-state index in [1.807, 2.05) is 17.0 Å². The summed E-state index contributed by atoms with van der Waals surface area (Å²) in [4.78, 5) is 22.2. The number of nitriles is 1. The summed E-state index contributed by atoms with van der Waals surface area (Å²) in [7, 11) is 0. The van der Waals surface area contributed by atoms with E-state index in [0.29, 0.717) is 35.9 Å². The molecule has 2 aliphatic rings. The van der Waals surface area contributed by atoms with Crippen molar-refractivity contribution < 1.29 is 4.79 Å². The zero-order chi connectivity index (χ0) is 17.5. The maximum Gasteiger partial charge on any atom is 0.222 e. The second-order valence-electron chi connectivity index (χ2n) is 5.79. The van der Waals surface area contributed by atoms with Crippen LogP contribution in [0.1, 0.15) is 25.0 Å². The van der Waals surface area contributed by atoms with E-state index in [-0.39, 0.29) is 5.91 Å². The van der Waals surface area contributed by atoms with E-state index in [2.05, 4.69) is 26.7 Å². The molecule has 1 fully saturated rings. The van der Waals surface area contributed by atoms with Gasteiger partial charge in [-0.25, -0.2) is 0 Å². The topological polar surface area (TPSA) is 93.4 Å². The SMILES string of the molecule is N#CC(=C1C=CNC(=NCCCN2CCCC2=O)N1)c1ccccn1. The first-order valence-electron chi connectivity index (χ1n) is 8.36. The van der Waals surface area contributed by atoms with Gasteiger partial charge in [-0.15, -0.1) is 0 Å². The zero-order valence-electron chi connectivity index (χ0n) is 13.9. The molecule has 128 valence electrons. The number of allylic oxidation sites excluding steroid dienone is 2. The number of nitrogens with zero attached hydrogens (tertiary/aromatic N) is 4. The van der Waals surface area contributed by atoms with Crippen molar-refractivity contribution >= 4 is 17.4 Å². The number of aromatic nitrogens is 1. The second-order valence-corrected chi connectivity index (χ2v) is 5.79. The first kappa shape index (κ1) is 16.7. The van der Waals surface area contributed by atoms with Crippen LogP contribution >= 0.6 is 0 Å². The molecule has 0 radical (unpaired) electrons. The van der Waals surface area contributed by atoms with Gasteiger partial charge in [0.25, 0.3) is 0 Å². The molecule has 1 saturated heterocycles. The third kappa shape index (κ3) is 4.23. The molecule has 0 aliphatic carbocycles. The minimum Gasteiger partial charge on any atom is -0.343 e. The predicted molar refractivity (Wildman–Crippen MR) is 94.9 cm³/mol. The number of likely N-dealkylation sites (tertiary alicyclic amines) is 1.